The molecule has 0 aliphatic rings. The van der Waals surface area contributed by atoms with E-state index in [0.29, 0.717) is 6.07 Å². The van der Waals surface area contributed by atoms with Crippen molar-refractivity contribution in [3.63, 3.8) is 0 Å². The molecule has 0 spiro atoms. The monoisotopic (exact) mass is 372 g/mol. The summed E-state index contributed by atoms with van der Waals surface area (Å²) in [5, 5.41) is 2.37. The number of halogens is 2. The Labute approximate surface area is 152 Å². The van der Waals surface area contributed by atoms with Crippen LogP contribution in [0.25, 0.3) is 11.3 Å². The van der Waals surface area contributed by atoms with Gasteiger partial charge in [0.05, 0.1) is 17.9 Å². The lowest BCUT2D eigenvalue weighted by Crippen LogP contribution is -2.15. The number of benzene rings is 2. The van der Waals surface area contributed by atoms with Crippen LogP contribution in [-0.2, 0) is 4.74 Å². The molecule has 0 aliphatic heterocycles. The fourth-order valence-electron chi connectivity index (χ4n) is 2.44. The largest absolute Gasteiger partial charge is 0.461 e. The first-order chi connectivity index (χ1) is 13.0. The van der Waals surface area contributed by atoms with Crippen LogP contribution in [0.4, 0.5) is 14.5 Å². The average molecular weight is 372 g/mol. The van der Waals surface area contributed by atoms with Crippen LogP contribution >= 0.6 is 0 Å². The topological polar surface area (TPSA) is 81.4 Å². The number of aromatic nitrogens is 1. The van der Waals surface area contributed by atoms with Crippen molar-refractivity contribution in [2.75, 3.05) is 11.9 Å². The highest BCUT2D eigenvalue weighted by Gasteiger charge is 2.23. The van der Waals surface area contributed by atoms with Gasteiger partial charge in [-0.1, -0.05) is 18.2 Å². The summed E-state index contributed by atoms with van der Waals surface area (Å²) in [6, 6.07) is 9.07. The van der Waals surface area contributed by atoms with Gasteiger partial charge in [-0.3, -0.25) is 4.79 Å². The van der Waals surface area contributed by atoms with Crippen LogP contribution in [0.5, 0.6) is 0 Å². The van der Waals surface area contributed by atoms with Crippen LogP contribution in [0.2, 0.25) is 0 Å². The van der Waals surface area contributed by atoms with Gasteiger partial charge in [-0.2, -0.15) is 0 Å². The summed E-state index contributed by atoms with van der Waals surface area (Å²) in [5.74, 6) is -2.97. The molecular formula is C19H14F2N2O4. The van der Waals surface area contributed by atoms with Crippen molar-refractivity contribution in [2.24, 2.45) is 0 Å². The van der Waals surface area contributed by atoms with Gasteiger partial charge in [0, 0.05) is 11.6 Å². The zero-order valence-electron chi connectivity index (χ0n) is 14.2. The Hall–Kier alpha value is -3.55. The maximum atomic E-state index is 13.8. The Balaban J connectivity index is 1.96. The summed E-state index contributed by atoms with van der Waals surface area (Å²) in [4.78, 5) is 28.5. The fourth-order valence-corrected chi connectivity index (χ4v) is 2.44. The van der Waals surface area contributed by atoms with E-state index in [1.165, 1.54) is 6.07 Å². The van der Waals surface area contributed by atoms with Crippen molar-refractivity contribution >= 4 is 17.6 Å². The van der Waals surface area contributed by atoms with E-state index in [9.17, 15) is 18.4 Å². The number of anilines is 1. The van der Waals surface area contributed by atoms with Crippen molar-refractivity contribution in [3.8, 4) is 11.3 Å². The predicted octanol–water partition coefficient (Wildman–Crippen LogP) is 4.05. The third-order valence-corrected chi connectivity index (χ3v) is 3.63. The van der Waals surface area contributed by atoms with Crippen LogP contribution in [0.15, 0.2) is 53.3 Å². The molecule has 1 N–H and O–H groups in total. The molecule has 0 unspecified atom stereocenters. The number of carbonyl (C=O) groups is 2. The number of hydrogen-bond donors (Lipinski definition) is 1. The number of oxazole rings is 1. The van der Waals surface area contributed by atoms with Crippen LogP contribution in [0.3, 0.4) is 0 Å². The number of carbonyl (C=O) groups excluding carboxylic acids is 2. The predicted molar refractivity (Wildman–Crippen MR) is 92.2 cm³/mol. The van der Waals surface area contributed by atoms with Gasteiger partial charge < -0.3 is 14.5 Å². The Morgan fingerprint density at radius 2 is 1.96 bits per heavy atom. The molecule has 2 aromatic carbocycles. The smallest absolute Gasteiger partial charge is 0.360 e. The van der Waals surface area contributed by atoms with Gasteiger partial charge in [-0.25, -0.2) is 18.6 Å². The maximum Gasteiger partial charge on any atom is 0.360 e. The van der Waals surface area contributed by atoms with Gasteiger partial charge in [-0.05, 0) is 25.1 Å². The first kappa shape index (κ1) is 18.2. The third-order valence-electron chi connectivity index (χ3n) is 3.63. The van der Waals surface area contributed by atoms with Gasteiger partial charge in [-0.15, -0.1) is 0 Å². The van der Waals surface area contributed by atoms with E-state index in [2.05, 4.69) is 10.3 Å². The maximum absolute atomic E-state index is 13.8. The second-order valence-corrected chi connectivity index (χ2v) is 5.37. The van der Waals surface area contributed by atoms with Crippen molar-refractivity contribution in [1.29, 1.82) is 0 Å². The van der Waals surface area contributed by atoms with Crippen LogP contribution in [0.1, 0.15) is 27.8 Å². The fraction of sp³-hybridized carbons (Fsp3) is 0.105. The molecule has 0 atom stereocenters. The SMILES string of the molecule is CCOC(=O)c1ncoc1-c1ccccc1C(=O)Nc1ccc(F)cc1F. The number of nitrogens with zero attached hydrogens (tertiary/aromatic N) is 1. The Bertz CT molecular complexity index is 1000. The molecular weight excluding hydrogens is 358 g/mol. The van der Waals surface area contributed by atoms with E-state index in [4.69, 9.17) is 9.15 Å². The van der Waals surface area contributed by atoms with Crippen molar-refractivity contribution in [3.05, 3.63) is 71.8 Å². The van der Waals surface area contributed by atoms with Gasteiger partial charge in [0.25, 0.3) is 5.91 Å². The average Bonchev–Trinajstić information content (AvgIpc) is 3.14. The number of amides is 1. The Kier molecular flexibility index (Phi) is 5.25. The van der Waals surface area contributed by atoms with E-state index < -0.39 is 23.5 Å². The zero-order chi connectivity index (χ0) is 19.4. The molecule has 27 heavy (non-hydrogen) atoms. The Morgan fingerprint density at radius 3 is 2.70 bits per heavy atom. The molecule has 138 valence electrons. The normalized spacial score (nSPS) is 10.5. The molecule has 8 heteroatoms. The summed E-state index contributed by atoms with van der Waals surface area (Å²) in [6.07, 6.45) is 1.07. The second-order valence-electron chi connectivity index (χ2n) is 5.37. The molecule has 1 amide bonds. The van der Waals surface area contributed by atoms with Crippen molar-refractivity contribution in [2.45, 2.75) is 6.92 Å². The van der Waals surface area contributed by atoms with E-state index in [-0.39, 0.29) is 34.9 Å². The first-order valence-corrected chi connectivity index (χ1v) is 7.97. The molecule has 0 radical (unpaired) electrons. The van der Waals surface area contributed by atoms with Gasteiger partial charge in [0.15, 0.2) is 17.8 Å². The zero-order valence-corrected chi connectivity index (χ0v) is 14.2. The van der Waals surface area contributed by atoms with E-state index in [1.54, 1.807) is 25.1 Å². The van der Waals surface area contributed by atoms with E-state index in [1.807, 2.05) is 0 Å². The minimum Gasteiger partial charge on any atom is -0.461 e. The lowest BCUT2D eigenvalue weighted by atomic mass is 10.0. The molecule has 0 aliphatic carbocycles. The standard InChI is InChI=1S/C19H14F2N2O4/c1-2-26-19(25)16-17(27-10-22-16)12-5-3-4-6-13(12)18(24)23-15-8-7-11(20)9-14(15)21/h3-10H,2H2,1H3,(H,23,24). The van der Waals surface area contributed by atoms with Crippen molar-refractivity contribution < 1.29 is 27.5 Å². The van der Waals surface area contributed by atoms with Crippen LogP contribution in [0, 0.1) is 11.6 Å². The van der Waals surface area contributed by atoms with Crippen LogP contribution in [-0.4, -0.2) is 23.5 Å². The highest BCUT2D eigenvalue weighted by Crippen LogP contribution is 2.28. The summed E-state index contributed by atoms with van der Waals surface area (Å²) in [7, 11) is 0. The third kappa shape index (κ3) is 3.84. The molecule has 1 heterocycles. The molecule has 0 bridgehead atoms. The lowest BCUT2D eigenvalue weighted by Gasteiger charge is -2.10. The second kappa shape index (κ2) is 7.77. The number of ether oxygens (including phenoxy) is 1. The minimum absolute atomic E-state index is 0.0544. The highest BCUT2D eigenvalue weighted by atomic mass is 19.1. The minimum atomic E-state index is -0.910. The van der Waals surface area contributed by atoms with E-state index in [0.717, 1.165) is 18.5 Å². The molecule has 1 aromatic heterocycles. The number of rotatable bonds is 5. The summed E-state index contributed by atoms with van der Waals surface area (Å²) < 4.78 is 37.0. The highest BCUT2D eigenvalue weighted by molar-refractivity contribution is 6.09. The molecule has 0 saturated carbocycles. The molecule has 6 nitrogen and oxygen atoms in total. The number of esters is 1. The van der Waals surface area contributed by atoms with Crippen LogP contribution < -0.4 is 5.32 Å². The first-order valence-electron chi connectivity index (χ1n) is 7.97. The van der Waals surface area contributed by atoms with Gasteiger partial charge in [0.1, 0.15) is 11.6 Å². The molecule has 0 fully saturated rings. The number of hydrogen-bond acceptors (Lipinski definition) is 5. The summed E-state index contributed by atoms with van der Waals surface area (Å²) in [6.45, 7) is 1.80. The van der Waals surface area contributed by atoms with Gasteiger partial charge in [0.2, 0.25) is 0 Å². The lowest BCUT2D eigenvalue weighted by molar-refractivity contribution is 0.0520. The summed E-state index contributed by atoms with van der Waals surface area (Å²) >= 11 is 0. The Morgan fingerprint density at radius 1 is 1.19 bits per heavy atom. The van der Waals surface area contributed by atoms with E-state index >= 15 is 0 Å². The van der Waals surface area contributed by atoms with Crippen molar-refractivity contribution in [1.82, 2.24) is 4.98 Å². The molecule has 3 aromatic rings. The molecule has 3 rings (SSSR count). The number of nitrogens with one attached hydrogen (secondary N) is 1. The van der Waals surface area contributed by atoms with Gasteiger partial charge >= 0.3 is 5.97 Å². The quantitative estimate of drug-likeness (QED) is 0.684. The summed E-state index contributed by atoms with van der Waals surface area (Å²) in [5.41, 5.74) is 0.131. The molecule has 0 saturated heterocycles.